The van der Waals surface area contributed by atoms with Crippen LogP contribution >= 0.6 is 0 Å². The van der Waals surface area contributed by atoms with Gasteiger partial charge in [0.1, 0.15) is 5.60 Å². The highest BCUT2D eigenvalue weighted by Crippen LogP contribution is 2.20. The Hall–Kier alpha value is -0.810. The van der Waals surface area contributed by atoms with E-state index in [1.54, 1.807) is 0 Å². The van der Waals surface area contributed by atoms with Gasteiger partial charge in [-0.15, -0.1) is 0 Å². The first kappa shape index (κ1) is 15.2. The van der Waals surface area contributed by atoms with Crippen LogP contribution in [-0.4, -0.2) is 43.5 Å². The smallest absolute Gasteiger partial charge is 0.407 e. The lowest BCUT2D eigenvalue weighted by atomic mass is 9.87. The van der Waals surface area contributed by atoms with Gasteiger partial charge in [-0.1, -0.05) is 0 Å². The standard InChI is InChI=1S/C13H26N2O3/c1-5-17-7-6-14-10-8-11(9-10)15-12(16)18-13(2,3)4/h10-11,14H,5-9H2,1-4H3,(H,15,16). The van der Waals surface area contributed by atoms with Crippen LogP contribution in [0.1, 0.15) is 40.5 Å². The minimum Gasteiger partial charge on any atom is -0.444 e. The van der Waals surface area contributed by atoms with E-state index in [0.717, 1.165) is 32.6 Å². The van der Waals surface area contributed by atoms with Gasteiger partial charge in [0.25, 0.3) is 0 Å². The zero-order valence-electron chi connectivity index (χ0n) is 11.9. The maximum Gasteiger partial charge on any atom is 0.407 e. The number of hydrogen-bond acceptors (Lipinski definition) is 4. The molecule has 1 rings (SSSR count). The third-order valence-corrected chi connectivity index (χ3v) is 2.74. The van der Waals surface area contributed by atoms with Crippen molar-refractivity contribution in [2.45, 2.75) is 58.2 Å². The molecule has 0 atom stereocenters. The lowest BCUT2D eigenvalue weighted by Crippen LogP contribution is -2.53. The Morgan fingerprint density at radius 3 is 2.50 bits per heavy atom. The van der Waals surface area contributed by atoms with E-state index in [4.69, 9.17) is 9.47 Å². The van der Waals surface area contributed by atoms with E-state index in [9.17, 15) is 4.79 Å². The predicted octanol–water partition coefficient (Wildman–Crippen LogP) is 1.67. The molecule has 0 aromatic carbocycles. The van der Waals surface area contributed by atoms with Gasteiger partial charge in [0.15, 0.2) is 0 Å². The van der Waals surface area contributed by atoms with Crippen LogP contribution < -0.4 is 10.6 Å². The van der Waals surface area contributed by atoms with Crippen molar-refractivity contribution in [1.82, 2.24) is 10.6 Å². The van der Waals surface area contributed by atoms with Crippen LogP contribution in [0.3, 0.4) is 0 Å². The van der Waals surface area contributed by atoms with Gasteiger partial charge in [-0.3, -0.25) is 0 Å². The molecule has 0 saturated heterocycles. The highest BCUT2D eigenvalue weighted by molar-refractivity contribution is 5.68. The summed E-state index contributed by atoms with van der Waals surface area (Å²) in [5.41, 5.74) is -0.428. The van der Waals surface area contributed by atoms with Crippen LogP contribution in [0.15, 0.2) is 0 Å². The summed E-state index contributed by atoms with van der Waals surface area (Å²) in [6, 6.07) is 0.731. The predicted molar refractivity (Wildman–Crippen MR) is 70.7 cm³/mol. The monoisotopic (exact) mass is 258 g/mol. The van der Waals surface area contributed by atoms with Crippen LogP contribution in [0, 0.1) is 0 Å². The average Bonchev–Trinajstić information content (AvgIpc) is 2.17. The first-order valence-corrected chi connectivity index (χ1v) is 6.71. The van der Waals surface area contributed by atoms with Crippen molar-refractivity contribution in [2.24, 2.45) is 0 Å². The number of alkyl carbamates (subject to hydrolysis) is 1. The molecule has 1 aliphatic carbocycles. The van der Waals surface area contributed by atoms with Crippen molar-refractivity contribution in [2.75, 3.05) is 19.8 Å². The molecule has 1 amide bonds. The van der Waals surface area contributed by atoms with E-state index >= 15 is 0 Å². The summed E-state index contributed by atoms with van der Waals surface area (Å²) in [5.74, 6) is 0. The van der Waals surface area contributed by atoms with Gasteiger partial charge in [-0.05, 0) is 40.5 Å². The van der Waals surface area contributed by atoms with Crippen LogP contribution in [0.5, 0.6) is 0 Å². The van der Waals surface area contributed by atoms with Gasteiger partial charge < -0.3 is 20.1 Å². The molecule has 0 aromatic heterocycles. The summed E-state index contributed by atoms with van der Waals surface area (Å²) in [6.45, 7) is 9.97. The molecule has 0 aliphatic heterocycles. The Morgan fingerprint density at radius 2 is 1.94 bits per heavy atom. The fraction of sp³-hybridized carbons (Fsp3) is 0.923. The summed E-state index contributed by atoms with van der Waals surface area (Å²) in [5, 5.41) is 6.26. The number of rotatable bonds is 6. The Morgan fingerprint density at radius 1 is 1.28 bits per heavy atom. The number of carbonyl (C=O) groups excluding carboxylic acids is 1. The van der Waals surface area contributed by atoms with E-state index < -0.39 is 5.60 Å². The molecule has 0 aromatic rings. The largest absolute Gasteiger partial charge is 0.444 e. The molecule has 1 fully saturated rings. The highest BCUT2D eigenvalue weighted by atomic mass is 16.6. The van der Waals surface area contributed by atoms with E-state index in [0.29, 0.717) is 6.04 Å². The summed E-state index contributed by atoms with van der Waals surface area (Å²) in [6.07, 6.45) is 1.61. The maximum atomic E-state index is 11.5. The molecule has 1 aliphatic rings. The third kappa shape index (κ3) is 6.21. The minimum atomic E-state index is -0.428. The molecule has 0 bridgehead atoms. The molecule has 2 N–H and O–H groups in total. The first-order valence-electron chi connectivity index (χ1n) is 6.71. The summed E-state index contributed by atoms with van der Waals surface area (Å²) in [4.78, 5) is 11.5. The van der Waals surface area contributed by atoms with Crippen molar-refractivity contribution in [3.8, 4) is 0 Å². The fourth-order valence-electron chi connectivity index (χ4n) is 1.86. The van der Waals surface area contributed by atoms with Gasteiger partial charge in [0.2, 0.25) is 0 Å². The molecule has 1 saturated carbocycles. The zero-order valence-corrected chi connectivity index (χ0v) is 11.9. The van der Waals surface area contributed by atoms with Crippen LogP contribution in [0.2, 0.25) is 0 Å². The second-order valence-electron chi connectivity index (χ2n) is 5.66. The molecular weight excluding hydrogens is 232 g/mol. The Kier molecular flexibility index (Phi) is 5.88. The maximum absolute atomic E-state index is 11.5. The SMILES string of the molecule is CCOCCNC1CC(NC(=O)OC(C)(C)C)C1. The molecule has 0 radical (unpaired) electrons. The van der Waals surface area contributed by atoms with Crippen molar-refractivity contribution < 1.29 is 14.3 Å². The molecular formula is C13H26N2O3. The van der Waals surface area contributed by atoms with E-state index in [1.807, 2.05) is 27.7 Å². The van der Waals surface area contributed by atoms with Crippen LogP contribution in [-0.2, 0) is 9.47 Å². The molecule has 0 spiro atoms. The molecule has 0 unspecified atom stereocenters. The van der Waals surface area contributed by atoms with E-state index in [2.05, 4.69) is 10.6 Å². The Bertz CT molecular complexity index is 257. The number of ether oxygens (including phenoxy) is 2. The summed E-state index contributed by atoms with van der Waals surface area (Å²) in [7, 11) is 0. The normalized spacial score (nSPS) is 23.3. The quantitative estimate of drug-likeness (QED) is 0.712. The third-order valence-electron chi connectivity index (χ3n) is 2.74. The Labute approximate surface area is 110 Å². The van der Waals surface area contributed by atoms with E-state index in [-0.39, 0.29) is 12.1 Å². The van der Waals surface area contributed by atoms with Crippen LogP contribution in [0.25, 0.3) is 0 Å². The second-order valence-corrected chi connectivity index (χ2v) is 5.66. The van der Waals surface area contributed by atoms with Crippen molar-refractivity contribution in [3.63, 3.8) is 0 Å². The topological polar surface area (TPSA) is 59.6 Å². The number of nitrogens with one attached hydrogen (secondary N) is 2. The number of hydrogen-bond donors (Lipinski definition) is 2. The second kappa shape index (κ2) is 6.95. The molecule has 5 heteroatoms. The van der Waals surface area contributed by atoms with E-state index in [1.165, 1.54) is 0 Å². The first-order chi connectivity index (χ1) is 8.40. The zero-order chi connectivity index (χ0) is 13.6. The molecule has 106 valence electrons. The lowest BCUT2D eigenvalue weighted by Gasteiger charge is -2.36. The molecule has 0 heterocycles. The fourth-order valence-corrected chi connectivity index (χ4v) is 1.86. The van der Waals surface area contributed by atoms with Crippen LogP contribution in [0.4, 0.5) is 4.79 Å². The van der Waals surface area contributed by atoms with Crippen molar-refractivity contribution >= 4 is 6.09 Å². The summed E-state index contributed by atoms with van der Waals surface area (Å²) < 4.78 is 10.4. The highest BCUT2D eigenvalue weighted by Gasteiger charge is 2.30. The van der Waals surface area contributed by atoms with Crippen molar-refractivity contribution in [1.29, 1.82) is 0 Å². The van der Waals surface area contributed by atoms with Gasteiger partial charge in [0.05, 0.1) is 6.61 Å². The van der Waals surface area contributed by atoms with Gasteiger partial charge >= 0.3 is 6.09 Å². The van der Waals surface area contributed by atoms with Gasteiger partial charge in [-0.2, -0.15) is 0 Å². The molecule has 5 nitrogen and oxygen atoms in total. The average molecular weight is 258 g/mol. The van der Waals surface area contributed by atoms with Crippen molar-refractivity contribution in [3.05, 3.63) is 0 Å². The van der Waals surface area contributed by atoms with Gasteiger partial charge in [-0.25, -0.2) is 4.79 Å². The Balaban J connectivity index is 2.03. The lowest BCUT2D eigenvalue weighted by molar-refractivity contribution is 0.0462. The minimum absolute atomic E-state index is 0.240. The molecule has 18 heavy (non-hydrogen) atoms. The summed E-state index contributed by atoms with van der Waals surface area (Å²) >= 11 is 0. The number of amides is 1. The number of carbonyl (C=O) groups is 1. The van der Waals surface area contributed by atoms with Gasteiger partial charge in [0, 0.05) is 25.2 Å².